The minimum atomic E-state index is -0.194. The average molecular weight is 484 g/mol. The number of hydrogen-bond acceptors (Lipinski definition) is 6. The van der Waals surface area contributed by atoms with E-state index in [1.807, 2.05) is 66.4 Å². The summed E-state index contributed by atoms with van der Waals surface area (Å²) in [6.07, 6.45) is 0.535. The molecular formula is C27H25N5O2S. The molecule has 7 nitrogen and oxygen atoms in total. The molecule has 0 bridgehead atoms. The molecule has 1 amide bonds. The number of fused-ring (bicyclic) bond motifs is 1. The predicted octanol–water partition coefficient (Wildman–Crippen LogP) is 3.71. The van der Waals surface area contributed by atoms with Gasteiger partial charge in [0.2, 0.25) is 0 Å². The van der Waals surface area contributed by atoms with E-state index in [1.165, 1.54) is 11.3 Å². The lowest BCUT2D eigenvalue weighted by molar-refractivity contribution is 0.0632. The van der Waals surface area contributed by atoms with Crippen LogP contribution in [0.4, 0.5) is 0 Å². The van der Waals surface area contributed by atoms with Gasteiger partial charge in [0.1, 0.15) is 10.7 Å². The summed E-state index contributed by atoms with van der Waals surface area (Å²) >= 11 is 1.31. The maximum absolute atomic E-state index is 13.4. The van der Waals surface area contributed by atoms with E-state index < -0.39 is 0 Å². The first kappa shape index (κ1) is 23.0. The quantitative estimate of drug-likeness (QED) is 0.467. The van der Waals surface area contributed by atoms with Crippen molar-refractivity contribution in [3.8, 4) is 6.07 Å². The van der Waals surface area contributed by atoms with Gasteiger partial charge in [0.15, 0.2) is 0 Å². The molecule has 8 heteroatoms. The molecule has 1 aliphatic heterocycles. The summed E-state index contributed by atoms with van der Waals surface area (Å²) in [5.41, 5.74) is 3.39. The first-order chi connectivity index (χ1) is 17.0. The highest BCUT2D eigenvalue weighted by atomic mass is 32.1. The molecule has 0 unspecified atom stereocenters. The second-order valence-corrected chi connectivity index (χ2v) is 9.79. The van der Waals surface area contributed by atoms with Crippen LogP contribution in [-0.2, 0) is 13.0 Å². The van der Waals surface area contributed by atoms with Crippen LogP contribution in [0.1, 0.15) is 37.7 Å². The van der Waals surface area contributed by atoms with Gasteiger partial charge in [0.05, 0.1) is 21.9 Å². The number of nitriles is 1. The van der Waals surface area contributed by atoms with E-state index in [0.29, 0.717) is 51.6 Å². The zero-order chi connectivity index (χ0) is 24.4. The molecule has 1 saturated heterocycles. The Morgan fingerprint density at radius 1 is 1.06 bits per heavy atom. The third kappa shape index (κ3) is 4.87. The normalized spacial score (nSPS) is 14.2. The van der Waals surface area contributed by atoms with Gasteiger partial charge in [-0.25, -0.2) is 4.98 Å². The van der Waals surface area contributed by atoms with Crippen molar-refractivity contribution in [2.75, 3.05) is 26.2 Å². The molecule has 5 rings (SSSR count). The summed E-state index contributed by atoms with van der Waals surface area (Å²) in [4.78, 5) is 39.2. The van der Waals surface area contributed by atoms with Crippen LogP contribution in [0.3, 0.4) is 0 Å². The molecule has 0 aliphatic carbocycles. The predicted molar refractivity (Wildman–Crippen MR) is 137 cm³/mol. The second kappa shape index (κ2) is 9.82. The van der Waals surface area contributed by atoms with Crippen LogP contribution in [-0.4, -0.2) is 51.9 Å². The molecule has 1 aliphatic rings. The smallest absolute Gasteiger partial charge is 0.264 e. The Hall–Kier alpha value is -3.80. The van der Waals surface area contributed by atoms with Crippen LogP contribution in [0.5, 0.6) is 0 Å². The Bertz CT molecular complexity index is 1460. The van der Waals surface area contributed by atoms with Crippen molar-refractivity contribution in [1.82, 2.24) is 19.8 Å². The Kier molecular flexibility index (Phi) is 6.45. The zero-order valence-electron chi connectivity index (χ0n) is 19.5. The van der Waals surface area contributed by atoms with Gasteiger partial charge in [0, 0.05) is 39.1 Å². The Labute approximate surface area is 207 Å². The number of aryl methyl sites for hydroxylation is 1. The van der Waals surface area contributed by atoms with E-state index in [4.69, 9.17) is 5.26 Å². The van der Waals surface area contributed by atoms with Gasteiger partial charge < -0.3 is 9.88 Å². The third-order valence-corrected chi connectivity index (χ3v) is 7.58. The number of aromatic amines is 1. The van der Waals surface area contributed by atoms with Crippen LogP contribution in [0.15, 0.2) is 59.4 Å². The summed E-state index contributed by atoms with van der Waals surface area (Å²) in [5.74, 6) is 0.567. The van der Waals surface area contributed by atoms with Crippen molar-refractivity contribution < 1.29 is 4.79 Å². The van der Waals surface area contributed by atoms with Crippen molar-refractivity contribution in [3.05, 3.63) is 97.9 Å². The number of thiophene rings is 1. The molecule has 1 fully saturated rings. The monoisotopic (exact) mass is 483 g/mol. The molecule has 0 saturated carbocycles. The number of H-pyrrole nitrogens is 1. The number of nitrogens with zero attached hydrogens (tertiary/aromatic N) is 4. The van der Waals surface area contributed by atoms with Gasteiger partial charge in [-0.05, 0) is 35.7 Å². The van der Waals surface area contributed by atoms with E-state index in [-0.39, 0.29) is 11.5 Å². The standard InChI is InChI=1S/C27H25N5O2S/c1-18-23-25(33)29-22(15-19-5-3-2-4-6-19)30-26(23)35-24(18)27(34)32-13-11-31(12-14-32)17-21-9-7-20(16-28)8-10-21/h2-10H,11-15,17H2,1H3,(H,29,30,33). The zero-order valence-corrected chi connectivity index (χ0v) is 20.3. The number of amides is 1. The molecular weight excluding hydrogens is 458 g/mol. The first-order valence-electron chi connectivity index (χ1n) is 11.6. The van der Waals surface area contributed by atoms with Crippen LogP contribution >= 0.6 is 11.3 Å². The maximum atomic E-state index is 13.4. The number of hydrogen-bond donors (Lipinski definition) is 1. The summed E-state index contributed by atoms with van der Waals surface area (Å²) < 4.78 is 0. The highest BCUT2D eigenvalue weighted by Gasteiger charge is 2.26. The fourth-order valence-electron chi connectivity index (χ4n) is 4.46. The summed E-state index contributed by atoms with van der Waals surface area (Å²) in [7, 11) is 0. The SMILES string of the molecule is Cc1c(C(=O)N2CCN(Cc3ccc(C#N)cc3)CC2)sc2nc(Cc3ccccc3)[nH]c(=O)c12. The van der Waals surface area contributed by atoms with E-state index in [2.05, 4.69) is 20.9 Å². The van der Waals surface area contributed by atoms with E-state index >= 15 is 0 Å². The van der Waals surface area contributed by atoms with E-state index in [0.717, 1.165) is 30.8 Å². The Morgan fingerprint density at radius 3 is 2.46 bits per heavy atom. The summed E-state index contributed by atoms with van der Waals surface area (Å²) in [5, 5.41) is 9.47. The van der Waals surface area contributed by atoms with Crippen LogP contribution in [0, 0.1) is 18.3 Å². The Balaban J connectivity index is 1.29. The molecule has 0 spiro atoms. The fraction of sp³-hybridized carbons (Fsp3) is 0.259. The molecule has 1 N–H and O–H groups in total. The minimum absolute atomic E-state index is 0.0347. The molecule has 0 radical (unpaired) electrons. The van der Waals surface area contributed by atoms with Crippen molar-refractivity contribution in [2.45, 2.75) is 19.9 Å². The number of aromatic nitrogens is 2. The lowest BCUT2D eigenvalue weighted by atomic mass is 10.1. The number of nitrogens with one attached hydrogen (secondary N) is 1. The lowest BCUT2D eigenvalue weighted by Gasteiger charge is -2.34. The number of benzene rings is 2. The molecule has 0 atom stereocenters. The molecule has 4 aromatic rings. The summed E-state index contributed by atoms with van der Waals surface area (Å²) in [6.45, 7) is 5.43. The van der Waals surface area contributed by atoms with Crippen LogP contribution < -0.4 is 5.56 Å². The van der Waals surface area contributed by atoms with Crippen molar-refractivity contribution >= 4 is 27.5 Å². The molecule has 2 aromatic heterocycles. The van der Waals surface area contributed by atoms with Gasteiger partial charge in [-0.1, -0.05) is 42.5 Å². The van der Waals surface area contributed by atoms with Crippen molar-refractivity contribution in [2.24, 2.45) is 0 Å². The molecule has 2 aromatic carbocycles. The number of rotatable bonds is 5. The average Bonchev–Trinajstić information content (AvgIpc) is 3.21. The van der Waals surface area contributed by atoms with Crippen molar-refractivity contribution in [3.63, 3.8) is 0 Å². The number of carbonyl (C=O) groups is 1. The first-order valence-corrected chi connectivity index (χ1v) is 12.4. The Morgan fingerprint density at radius 2 is 1.77 bits per heavy atom. The highest BCUT2D eigenvalue weighted by molar-refractivity contribution is 7.20. The lowest BCUT2D eigenvalue weighted by Crippen LogP contribution is -2.48. The van der Waals surface area contributed by atoms with Crippen molar-refractivity contribution in [1.29, 1.82) is 5.26 Å². The van der Waals surface area contributed by atoms with E-state index in [1.54, 1.807) is 0 Å². The van der Waals surface area contributed by atoms with Gasteiger partial charge >= 0.3 is 0 Å². The highest BCUT2D eigenvalue weighted by Crippen LogP contribution is 2.29. The molecule has 176 valence electrons. The minimum Gasteiger partial charge on any atom is -0.335 e. The third-order valence-electron chi connectivity index (χ3n) is 6.41. The van der Waals surface area contributed by atoms with E-state index in [9.17, 15) is 9.59 Å². The van der Waals surface area contributed by atoms with Crippen LogP contribution in [0.25, 0.3) is 10.2 Å². The molecule has 3 heterocycles. The van der Waals surface area contributed by atoms with Crippen LogP contribution in [0.2, 0.25) is 0 Å². The van der Waals surface area contributed by atoms with Gasteiger partial charge in [-0.3, -0.25) is 14.5 Å². The van der Waals surface area contributed by atoms with Gasteiger partial charge in [0.25, 0.3) is 11.5 Å². The second-order valence-electron chi connectivity index (χ2n) is 8.79. The van der Waals surface area contributed by atoms with Gasteiger partial charge in [-0.2, -0.15) is 5.26 Å². The summed E-state index contributed by atoms with van der Waals surface area (Å²) in [6, 6.07) is 19.6. The topological polar surface area (TPSA) is 93.1 Å². The molecule has 35 heavy (non-hydrogen) atoms. The largest absolute Gasteiger partial charge is 0.335 e. The maximum Gasteiger partial charge on any atom is 0.264 e. The number of piperazine rings is 1. The van der Waals surface area contributed by atoms with Gasteiger partial charge in [-0.15, -0.1) is 11.3 Å². The number of carbonyl (C=O) groups excluding carboxylic acids is 1. The fourth-order valence-corrected chi connectivity index (χ4v) is 5.63.